The van der Waals surface area contributed by atoms with Crippen molar-refractivity contribution < 1.29 is 18.6 Å². The molecule has 2 aromatic rings. The number of methoxy groups -OCH3 is 1. The summed E-state index contributed by atoms with van der Waals surface area (Å²) >= 11 is 3.28. The van der Waals surface area contributed by atoms with E-state index in [-0.39, 0.29) is 5.56 Å². The highest BCUT2D eigenvalue weighted by Crippen LogP contribution is 2.32. The van der Waals surface area contributed by atoms with Crippen LogP contribution in [0.4, 0.5) is 8.78 Å². The SMILES string of the molecule is COc1ccc(Br)c(C(O)c2ccc(F)cc2F)c1. The fourth-order valence-electron chi connectivity index (χ4n) is 1.75. The predicted octanol–water partition coefficient (Wildman–Crippen LogP) is 3.82. The van der Waals surface area contributed by atoms with Gasteiger partial charge in [-0.1, -0.05) is 22.0 Å². The smallest absolute Gasteiger partial charge is 0.132 e. The average molecular weight is 329 g/mol. The van der Waals surface area contributed by atoms with E-state index in [1.54, 1.807) is 18.2 Å². The summed E-state index contributed by atoms with van der Waals surface area (Å²) in [5.41, 5.74) is 0.459. The summed E-state index contributed by atoms with van der Waals surface area (Å²) in [6.07, 6.45) is -1.20. The number of benzene rings is 2. The van der Waals surface area contributed by atoms with Gasteiger partial charge in [0.05, 0.1) is 7.11 Å². The number of aliphatic hydroxyl groups excluding tert-OH is 1. The standard InChI is InChI=1S/C14H11BrF2O2/c1-19-9-3-5-12(15)11(7-9)14(18)10-4-2-8(16)6-13(10)17/h2-7,14,18H,1H3. The van der Waals surface area contributed by atoms with Gasteiger partial charge < -0.3 is 9.84 Å². The van der Waals surface area contributed by atoms with Crippen molar-refractivity contribution in [2.75, 3.05) is 7.11 Å². The molecule has 0 aliphatic heterocycles. The summed E-state index contributed by atoms with van der Waals surface area (Å²) in [4.78, 5) is 0. The lowest BCUT2D eigenvalue weighted by atomic mass is 10.0. The Morgan fingerprint density at radius 2 is 1.84 bits per heavy atom. The van der Waals surface area contributed by atoms with E-state index in [4.69, 9.17) is 4.74 Å². The number of aliphatic hydroxyl groups is 1. The number of hydrogen-bond acceptors (Lipinski definition) is 2. The zero-order chi connectivity index (χ0) is 14.0. The van der Waals surface area contributed by atoms with Crippen LogP contribution in [0.3, 0.4) is 0 Å². The number of halogens is 3. The van der Waals surface area contributed by atoms with Crippen LogP contribution in [0.5, 0.6) is 5.75 Å². The molecular weight excluding hydrogens is 318 g/mol. The first-order valence-electron chi connectivity index (χ1n) is 5.49. The Morgan fingerprint density at radius 1 is 1.11 bits per heavy atom. The fourth-order valence-corrected chi connectivity index (χ4v) is 2.21. The topological polar surface area (TPSA) is 29.5 Å². The number of hydrogen-bond donors (Lipinski definition) is 1. The van der Waals surface area contributed by atoms with Gasteiger partial charge in [-0.05, 0) is 24.3 Å². The van der Waals surface area contributed by atoms with Crippen LogP contribution in [0, 0.1) is 11.6 Å². The van der Waals surface area contributed by atoms with Crippen LogP contribution in [0.1, 0.15) is 17.2 Å². The summed E-state index contributed by atoms with van der Waals surface area (Å²) in [5.74, 6) is -0.930. The summed E-state index contributed by atoms with van der Waals surface area (Å²) in [6.45, 7) is 0. The average Bonchev–Trinajstić information content (AvgIpc) is 2.38. The molecule has 100 valence electrons. The molecule has 0 aliphatic rings. The van der Waals surface area contributed by atoms with E-state index in [2.05, 4.69) is 15.9 Å². The van der Waals surface area contributed by atoms with Crippen LogP contribution in [0.2, 0.25) is 0 Å². The van der Waals surface area contributed by atoms with E-state index >= 15 is 0 Å². The molecule has 0 amide bonds. The molecule has 0 bridgehead atoms. The molecule has 19 heavy (non-hydrogen) atoms. The zero-order valence-electron chi connectivity index (χ0n) is 10.0. The van der Waals surface area contributed by atoms with Crippen molar-refractivity contribution in [3.8, 4) is 5.75 Å². The third-order valence-electron chi connectivity index (χ3n) is 2.75. The van der Waals surface area contributed by atoms with Crippen molar-refractivity contribution in [1.29, 1.82) is 0 Å². The van der Waals surface area contributed by atoms with E-state index in [0.29, 0.717) is 15.8 Å². The third kappa shape index (κ3) is 2.93. The quantitative estimate of drug-likeness (QED) is 0.928. The minimum atomic E-state index is -1.20. The lowest BCUT2D eigenvalue weighted by molar-refractivity contribution is 0.213. The molecule has 2 aromatic carbocycles. The van der Waals surface area contributed by atoms with Gasteiger partial charge in [-0.2, -0.15) is 0 Å². The highest BCUT2D eigenvalue weighted by Gasteiger charge is 2.18. The fraction of sp³-hybridized carbons (Fsp3) is 0.143. The van der Waals surface area contributed by atoms with Crippen molar-refractivity contribution in [2.45, 2.75) is 6.10 Å². The highest BCUT2D eigenvalue weighted by atomic mass is 79.9. The number of rotatable bonds is 3. The van der Waals surface area contributed by atoms with Crippen molar-refractivity contribution in [1.82, 2.24) is 0 Å². The van der Waals surface area contributed by atoms with Gasteiger partial charge in [0, 0.05) is 21.7 Å². The Balaban J connectivity index is 2.46. The molecular formula is C14H11BrF2O2. The van der Waals surface area contributed by atoms with Crippen LogP contribution in [-0.4, -0.2) is 12.2 Å². The van der Waals surface area contributed by atoms with E-state index in [1.807, 2.05) is 0 Å². The maximum Gasteiger partial charge on any atom is 0.132 e. The lowest BCUT2D eigenvalue weighted by Gasteiger charge is -2.15. The summed E-state index contributed by atoms with van der Waals surface area (Å²) in [7, 11) is 1.50. The second-order valence-corrected chi connectivity index (χ2v) is 4.81. The molecule has 5 heteroatoms. The van der Waals surface area contributed by atoms with Gasteiger partial charge in [-0.25, -0.2) is 8.78 Å². The molecule has 1 unspecified atom stereocenters. The largest absolute Gasteiger partial charge is 0.497 e. The first-order valence-corrected chi connectivity index (χ1v) is 6.28. The molecule has 0 radical (unpaired) electrons. The van der Waals surface area contributed by atoms with Gasteiger partial charge in [0.2, 0.25) is 0 Å². The first kappa shape index (κ1) is 14.0. The van der Waals surface area contributed by atoms with Crippen molar-refractivity contribution in [3.05, 3.63) is 63.6 Å². The Bertz CT molecular complexity index is 602. The molecule has 2 rings (SSSR count). The van der Waals surface area contributed by atoms with Gasteiger partial charge in [0.25, 0.3) is 0 Å². The van der Waals surface area contributed by atoms with E-state index in [9.17, 15) is 13.9 Å². The molecule has 2 nitrogen and oxygen atoms in total. The molecule has 1 atom stereocenters. The third-order valence-corrected chi connectivity index (χ3v) is 3.48. The van der Waals surface area contributed by atoms with Crippen molar-refractivity contribution >= 4 is 15.9 Å². The van der Waals surface area contributed by atoms with E-state index < -0.39 is 17.7 Å². The van der Waals surface area contributed by atoms with Gasteiger partial charge in [0.1, 0.15) is 23.5 Å². The van der Waals surface area contributed by atoms with Crippen LogP contribution in [0.25, 0.3) is 0 Å². The Morgan fingerprint density at radius 3 is 2.47 bits per heavy atom. The minimum absolute atomic E-state index is 0.00959. The summed E-state index contributed by atoms with van der Waals surface area (Å²) in [5, 5.41) is 10.2. The molecule has 1 N–H and O–H groups in total. The molecule has 0 saturated heterocycles. The maximum absolute atomic E-state index is 13.7. The van der Waals surface area contributed by atoms with E-state index in [1.165, 1.54) is 13.2 Å². The molecule has 0 heterocycles. The van der Waals surface area contributed by atoms with Gasteiger partial charge in [-0.15, -0.1) is 0 Å². The maximum atomic E-state index is 13.7. The van der Waals surface area contributed by atoms with Crippen LogP contribution in [0.15, 0.2) is 40.9 Å². The molecule has 0 saturated carbocycles. The van der Waals surface area contributed by atoms with E-state index in [0.717, 1.165) is 12.1 Å². The summed E-state index contributed by atoms with van der Waals surface area (Å²) < 4.78 is 32.2. The predicted molar refractivity (Wildman–Crippen MR) is 71.1 cm³/mol. The van der Waals surface area contributed by atoms with Crippen molar-refractivity contribution in [2.24, 2.45) is 0 Å². The Hall–Kier alpha value is -1.46. The van der Waals surface area contributed by atoms with Crippen LogP contribution >= 0.6 is 15.9 Å². The molecule has 0 spiro atoms. The van der Waals surface area contributed by atoms with Gasteiger partial charge in [0.15, 0.2) is 0 Å². The molecule has 0 aliphatic carbocycles. The van der Waals surface area contributed by atoms with Gasteiger partial charge in [-0.3, -0.25) is 0 Å². The summed E-state index contributed by atoms with van der Waals surface area (Å²) in [6, 6.07) is 8.07. The lowest BCUT2D eigenvalue weighted by Crippen LogP contribution is -2.04. The Kier molecular flexibility index (Phi) is 4.17. The second-order valence-electron chi connectivity index (χ2n) is 3.96. The first-order chi connectivity index (χ1) is 9.02. The normalized spacial score (nSPS) is 12.3. The van der Waals surface area contributed by atoms with Crippen LogP contribution < -0.4 is 4.74 Å². The van der Waals surface area contributed by atoms with Gasteiger partial charge >= 0.3 is 0 Å². The molecule has 0 aromatic heterocycles. The molecule has 0 fully saturated rings. The minimum Gasteiger partial charge on any atom is -0.497 e. The second kappa shape index (κ2) is 5.67. The van der Waals surface area contributed by atoms with Crippen LogP contribution in [-0.2, 0) is 0 Å². The Labute approximate surface area is 117 Å². The highest BCUT2D eigenvalue weighted by molar-refractivity contribution is 9.10. The number of ether oxygens (including phenoxy) is 1. The monoisotopic (exact) mass is 328 g/mol. The zero-order valence-corrected chi connectivity index (χ0v) is 11.6. The van der Waals surface area contributed by atoms with Crippen molar-refractivity contribution in [3.63, 3.8) is 0 Å².